The number of nitrogens with one attached hydrogen (secondary N) is 8. The first-order valence-electron chi connectivity index (χ1n) is 38.2. The van der Waals surface area contributed by atoms with Gasteiger partial charge >= 0.3 is 0 Å². The lowest BCUT2D eigenvalue weighted by Crippen LogP contribution is -2.48. The van der Waals surface area contributed by atoms with Crippen LogP contribution < -0.4 is 38.1 Å². The number of nitrogens with two attached hydrogens (primary N) is 2. The van der Waals surface area contributed by atoms with Gasteiger partial charge in [-0.2, -0.15) is 0 Å². The number of imidazole rings is 3. The average molecular weight is 1550 g/mol. The van der Waals surface area contributed by atoms with Gasteiger partial charge in [0.1, 0.15) is 17.5 Å². The highest BCUT2D eigenvalue weighted by Gasteiger charge is 2.30. The number of hydrogen-bond donors (Lipinski definition) is 10. The summed E-state index contributed by atoms with van der Waals surface area (Å²) >= 11 is 0. The molecular weight excluding hydrogens is 1460 g/mol. The Morgan fingerprint density at radius 3 is 1.26 bits per heavy atom. The lowest BCUT2D eigenvalue weighted by molar-refractivity contribution is -0.140. The summed E-state index contributed by atoms with van der Waals surface area (Å²) in [7, 11) is 7.83. The maximum Gasteiger partial charge on any atom is 0.254 e. The summed E-state index contributed by atoms with van der Waals surface area (Å²) in [4.78, 5) is 169. The van der Waals surface area contributed by atoms with E-state index in [2.05, 4.69) is 59.7 Å². The molecule has 0 unspecified atom stereocenters. The van der Waals surface area contributed by atoms with Crippen molar-refractivity contribution in [3.8, 4) is 56.4 Å². The Balaban J connectivity index is 0.563. The van der Waals surface area contributed by atoms with Crippen molar-refractivity contribution >= 4 is 103 Å². The van der Waals surface area contributed by atoms with Gasteiger partial charge in [0.2, 0.25) is 23.6 Å². The van der Waals surface area contributed by atoms with E-state index in [1.165, 1.54) is 32.6 Å². The fourth-order valence-electron chi connectivity index (χ4n) is 13.5. The average Bonchev–Trinajstić information content (AvgIpc) is 1.23. The maximum absolute atomic E-state index is 13.9. The molecule has 1 aliphatic rings. The molecule has 8 aromatic carbocycles. The molecule has 12 rings (SSSR count). The Kier molecular flexibility index (Phi) is 25.8. The van der Waals surface area contributed by atoms with E-state index in [0.717, 1.165) is 107 Å². The van der Waals surface area contributed by atoms with Crippen LogP contribution in [0, 0.1) is 11.8 Å². The fraction of sp³-hybridized carbons (Fsp3) is 0.287. The van der Waals surface area contributed by atoms with Crippen molar-refractivity contribution in [3.63, 3.8) is 0 Å². The molecule has 0 saturated heterocycles. The lowest BCUT2D eigenvalue weighted by atomic mass is 9.97. The zero-order chi connectivity index (χ0) is 81.7. The van der Waals surface area contributed by atoms with Crippen LogP contribution in [0.3, 0.4) is 0 Å². The smallest absolute Gasteiger partial charge is 0.254 e. The van der Waals surface area contributed by atoms with Crippen LogP contribution in [0.2, 0.25) is 0 Å². The zero-order valence-corrected chi connectivity index (χ0v) is 65.5. The number of aliphatic imine (C=N–C) groups is 1. The normalized spacial score (nSPS) is 12.9. The van der Waals surface area contributed by atoms with Crippen LogP contribution in [-0.4, -0.2) is 220 Å². The maximum atomic E-state index is 13.9. The molecule has 0 saturated carbocycles. The number of amides is 8. The molecule has 28 nitrogen and oxygen atoms in total. The molecule has 8 amide bonds. The van der Waals surface area contributed by atoms with Gasteiger partial charge in [-0.25, -0.2) is 15.0 Å². The third kappa shape index (κ3) is 20.4. The van der Waals surface area contributed by atoms with Crippen LogP contribution in [0.1, 0.15) is 93.1 Å². The van der Waals surface area contributed by atoms with Crippen LogP contribution in [-0.2, 0) is 35.2 Å². The summed E-state index contributed by atoms with van der Waals surface area (Å²) < 4.78 is 0. The van der Waals surface area contributed by atoms with Gasteiger partial charge in [-0.05, 0) is 166 Å². The quantitative estimate of drug-likeness (QED) is 0.0179. The van der Waals surface area contributed by atoms with Gasteiger partial charge in [-0.1, -0.05) is 92.7 Å². The molecule has 3 aromatic heterocycles. The molecule has 28 heteroatoms. The first kappa shape index (κ1) is 81.3. The van der Waals surface area contributed by atoms with Crippen molar-refractivity contribution in [2.75, 3.05) is 93.6 Å². The van der Waals surface area contributed by atoms with E-state index in [9.17, 15) is 47.9 Å². The van der Waals surface area contributed by atoms with E-state index in [-0.39, 0.29) is 56.4 Å². The summed E-state index contributed by atoms with van der Waals surface area (Å²) in [6.45, 7) is 7.54. The van der Waals surface area contributed by atoms with Crippen molar-refractivity contribution in [2.24, 2.45) is 28.3 Å². The molecule has 4 atom stereocenters. The Morgan fingerprint density at radius 2 is 0.826 bits per heavy atom. The standard InChI is InChI=1S/C87H94N18O10/c1-50(41-75(106)52(3)93-78(109)49-104(37-33-88)87(115)61-23-15-57(16-24-61)81-98-69-32-29-65(46-74(69)101-81)64-28-31-68-73(45-64)100-80(97-68)55-11-19-59(20-12-55)84(112)91-35-39-103(7)8)82(110)94-53(4)76(107)42-51(2)86(114)105(48-77(89)108)40-36-92-85(113)60-21-13-56(14-22-60)79-96-67-30-27-63(44-72(67)99-79)62-25-26-66-47-70(95-71(66)43-62)54-9-17-58(18-10-54)83(111)90-34-38-102(5)6/h9-32,43-46,50-53H,33-42,47-49,88H2,1-8H3,(H2,89,108)(H,90,111)(H,91,112)(H,92,113)(H,93,109)(H,94,110)(H,96,99)(H,97,100)(H,98,101)/t50-,51-,52+,53+/m0/s1. The van der Waals surface area contributed by atoms with Gasteiger partial charge in [0, 0.05) is 122 Å². The summed E-state index contributed by atoms with van der Waals surface area (Å²) in [5.41, 5.74) is 27.9. The van der Waals surface area contributed by atoms with Gasteiger partial charge in [0.15, 0.2) is 11.6 Å². The second-order valence-electron chi connectivity index (χ2n) is 29.6. The molecule has 4 heterocycles. The SMILES string of the molecule is C[C@@H](CC(=O)[C@@H](C)NC(=O)CN(CCN)C(=O)c1ccc(-c2nc3cc(-c4ccc5[nH]c(-c6ccc(C(=O)NCCN(C)C)cc6)nc5c4)ccc3[nH]2)cc1)C(=O)N[C@H](C)C(=O)C[C@H](C)C(=O)N(CCNC(=O)c1ccc(-c2nc3cc(-c4ccc5c(c4)N=C(c4ccc(C(=O)NCCN(C)C)cc4)C5)ccc3[nH]2)cc1)CC(N)=O. The largest absolute Gasteiger partial charge is 0.368 e. The number of primary amides is 1. The van der Waals surface area contributed by atoms with E-state index in [1.54, 1.807) is 60.7 Å². The summed E-state index contributed by atoms with van der Waals surface area (Å²) in [6.07, 6.45) is 0.0497. The number of nitrogens with zero attached hydrogens (tertiary/aromatic N) is 8. The number of fused-ring (bicyclic) bond motifs is 4. The third-order valence-corrected chi connectivity index (χ3v) is 20.2. The summed E-state index contributed by atoms with van der Waals surface area (Å²) in [5.74, 6) is -4.82. The number of hydrogen-bond acceptors (Lipinski definition) is 17. The fourth-order valence-corrected chi connectivity index (χ4v) is 13.5. The van der Waals surface area contributed by atoms with E-state index in [4.69, 9.17) is 31.4 Å². The number of aromatic nitrogens is 6. The van der Waals surface area contributed by atoms with Crippen LogP contribution in [0.25, 0.3) is 89.5 Å². The number of rotatable bonds is 35. The zero-order valence-electron chi connectivity index (χ0n) is 65.5. The molecule has 0 radical (unpaired) electrons. The molecule has 12 N–H and O–H groups in total. The van der Waals surface area contributed by atoms with Gasteiger partial charge in [0.05, 0.1) is 69.7 Å². The Bertz CT molecular complexity index is 5510. The predicted molar refractivity (Wildman–Crippen MR) is 443 cm³/mol. The summed E-state index contributed by atoms with van der Waals surface area (Å²) in [5, 5.41) is 13.9. The summed E-state index contributed by atoms with van der Waals surface area (Å²) in [6, 6.07) is 50.5. The third-order valence-electron chi connectivity index (χ3n) is 20.2. The molecule has 1 aliphatic heterocycles. The Hall–Kier alpha value is -13.2. The molecular formula is C87H94N18O10. The van der Waals surface area contributed by atoms with Crippen molar-refractivity contribution in [1.29, 1.82) is 0 Å². The number of carbonyl (C=O) groups is 10. The minimum absolute atomic E-state index is 0.0313. The van der Waals surface area contributed by atoms with Gasteiger partial charge in [0.25, 0.3) is 23.6 Å². The molecule has 592 valence electrons. The molecule has 0 spiro atoms. The van der Waals surface area contributed by atoms with E-state index in [0.29, 0.717) is 59.2 Å². The predicted octanol–water partition coefficient (Wildman–Crippen LogP) is 8.26. The minimum atomic E-state index is -1.08. The highest BCUT2D eigenvalue weighted by molar-refractivity contribution is 6.08. The Morgan fingerprint density at radius 1 is 0.435 bits per heavy atom. The highest BCUT2D eigenvalue weighted by Crippen LogP contribution is 2.36. The minimum Gasteiger partial charge on any atom is -0.368 e. The van der Waals surface area contributed by atoms with Crippen LogP contribution in [0.5, 0.6) is 0 Å². The van der Waals surface area contributed by atoms with Crippen molar-refractivity contribution < 1.29 is 47.9 Å². The van der Waals surface area contributed by atoms with Crippen LogP contribution in [0.15, 0.2) is 175 Å². The number of aromatic amines is 3. The first-order valence-corrected chi connectivity index (χ1v) is 38.2. The van der Waals surface area contributed by atoms with Crippen LogP contribution >= 0.6 is 0 Å². The van der Waals surface area contributed by atoms with Crippen molar-refractivity contribution in [2.45, 2.75) is 59.0 Å². The van der Waals surface area contributed by atoms with Gasteiger partial charge in [-0.3, -0.25) is 52.9 Å². The number of H-pyrrole nitrogens is 3. The Labute approximate surface area is 664 Å². The number of likely N-dealkylation sites (N-methyl/N-ethyl adjacent to an activating group) is 2. The number of ketones is 2. The molecule has 0 bridgehead atoms. The lowest BCUT2D eigenvalue weighted by Gasteiger charge is -2.25. The second-order valence-corrected chi connectivity index (χ2v) is 29.6. The van der Waals surface area contributed by atoms with E-state index in [1.807, 2.05) is 129 Å². The first-order chi connectivity index (χ1) is 55.2. The monoisotopic (exact) mass is 1550 g/mol. The number of Topliss-reactive ketones (excluding diaryl/α,β-unsaturated/α-hetero) is 2. The number of carbonyl (C=O) groups excluding carboxylic acids is 10. The van der Waals surface area contributed by atoms with E-state index >= 15 is 0 Å². The molecule has 11 aromatic rings. The van der Waals surface area contributed by atoms with E-state index < -0.39 is 84.0 Å². The second kappa shape index (κ2) is 36.5. The van der Waals surface area contributed by atoms with Crippen molar-refractivity contribution in [3.05, 3.63) is 203 Å². The highest BCUT2D eigenvalue weighted by atomic mass is 16.2. The number of benzene rings is 8. The van der Waals surface area contributed by atoms with Crippen molar-refractivity contribution in [1.82, 2.24) is 76.1 Å². The van der Waals surface area contributed by atoms with Gasteiger partial charge < -0.3 is 72.6 Å². The topological polar surface area (TPSA) is 394 Å². The van der Waals surface area contributed by atoms with Gasteiger partial charge in [-0.15, -0.1) is 0 Å². The molecule has 0 fully saturated rings. The van der Waals surface area contributed by atoms with Crippen LogP contribution in [0.4, 0.5) is 5.69 Å². The molecule has 0 aliphatic carbocycles. The molecule has 115 heavy (non-hydrogen) atoms.